The van der Waals surface area contributed by atoms with Crippen LogP contribution in [-0.2, 0) is 23.9 Å². The third-order valence-electron chi connectivity index (χ3n) is 6.33. The van der Waals surface area contributed by atoms with Gasteiger partial charge in [-0.25, -0.2) is 4.79 Å². The van der Waals surface area contributed by atoms with E-state index in [0.717, 1.165) is 25.7 Å². The Morgan fingerprint density at radius 2 is 1.45 bits per heavy atom. The van der Waals surface area contributed by atoms with Crippen LogP contribution in [0.5, 0.6) is 11.5 Å². The topological polar surface area (TPSA) is 151 Å². The molecule has 0 bridgehead atoms. The van der Waals surface area contributed by atoms with Crippen LogP contribution in [0.2, 0.25) is 0 Å². The Bertz CT molecular complexity index is 947. The van der Waals surface area contributed by atoms with E-state index in [1.54, 1.807) is 13.0 Å². The van der Waals surface area contributed by atoms with E-state index in [1.165, 1.54) is 12.1 Å². The molecule has 3 atom stereocenters. The van der Waals surface area contributed by atoms with E-state index in [-0.39, 0.29) is 37.4 Å². The van der Waals surface area contributed by atoms with Gasteiger partial charge in [-0.1, -0.05) is 59.4 Å². The van der Waals surface area contributed by atoms with Crippen molar-refractivity contribution in [3.05, 3.63) is 23.8 Å². The molecular weight excluding hydrogens is 518 g/mol. The van der Waals surface area contributed by atoms with Gasteiger partial charge in [-0.15, -0.1) is 0 Å². The number of unbranched alkanes of at least 4 members (excludes halogenated alkanes) is 4. The number of nitrogens with two attached hydrogens (primary N) is 1. The first-order valence-electron chi connectivity index (χ1n) is 14.3. The lowest BCUT2D eigenvalue weighted by Crippen LogP contribution is -2.38. The number of hydrogen-bond acceptors (Lipinski definition) is 9. The zero-order valence-corrected chi connectivity index (χ0v) is 24.6. The molecule has 10 nitrogen and oxygen atoms in total. The highest BCUT2D eigenvalue weighted by Crippen LogP contribution is 2.35. The maximum atomic E-state index is 12.5. The van der Waals surface area contributed by atoms with Crippen LogP contribution in [0.1, 0.15) is 110 Å². The summed E-state index contributed by atoms with van der Waals surface area (Å²) in [6.07, 6.45) is 4.53. The van der Waals surface area contributed by atoms with Gasteiger partial charge in [0.05, 0.1) is 6.61 Å². The van der Waals surface area contributed by atoms with Gasteiger partial charge in [0.1, 0.15) is 12.1 Å². The summed E-state index contributed by atoms with van der Waals surface area (Å²) in [4.78, 5) is 48.9. The van der Waals surface area contributed by atoms with Crippen LogP contribution >= 0.6 is 0 Å². The van der Waals surface area contributed by atoms with Crippen LogP contribution < -0.4 is 15.2 Å². The van der Waals surface area contributed by atoms with E-state index in [9.17, 15) is 24.3 Å². The summed E-state index contributed by atoms with van der Waals surface area (Å²) in [5, 5.41) is 9.68. The number of esters is 2. The van der Waals surface area contributed by atoms with Crippen molar-refractivity contribution >= 4 is 24.1 Å². The van der Waals surface area contributed by atoms with Crippen molar-refractivity contribution in [1.29, 1.82) is 0 Å². The number of rotatable bonds is 19. The van der Waals surface area contributed by atoms with Gasteiger partial charge in [-0.2, -0.15) is 0 Å². The van der Waals surface area contributed by atoms with Crippen molar-refractivity contribution in [2.24, 2.45) is 11.7 Å². The van der Waals surface area contributed by atoms with Crippen LogP contribution in [-0.4, -0.2) is 47.9 Å². The van der Waals surface area contributed by atoms with Gasteiger partial charge in [0.15, 0.2) is 11.5 Å². The second-order valence-electron chi connectivity index (χ2n) is 10.5. The summed E-state index contributed by atoms with van der Waals surface area (Å²) in [5.41, 5.74) is 6.47. The van der Waals surface area contributed by atoms with Gasteiger partial charge in [-0.3, -0.25) is 14.4 Å². The fraction of sp³-hybridized carbons (Fsp3) is 0.667. The number of carbonyl (C=O) groups is 4. The molecule has 0 aliphatic heterocycles. The predicted octanol–water partition coefficient (Wildman–Crippen LogP) is 6.13. The molecule has 0 aliphatic carbocycles. The van der Waals surface area contributed by atoms with E-state index in [1.807, 2.05) is 27.7 Å². The second kappa shape index (κ2) is 19.0. The van der Waals surface area contributed by atoms with Gasteiger partial charge in [0.2, 0.25) is 0 Å². The lowest BCUT2D eigenvalue weighted by atomic mass is 9.87. The fourth-order valence-corrected chi connectivity index (χ4v) is 3.95. The Balaban J connectivity index is 3.18. The van der Waals surface area contributed by atoms with Gasteiger partial charge in [-0.05, 0) is 56.2 Å². The summed E-state index contributed by atoms with van der Waals surface area (Å²) < 4.78 is 21.5. The number of aliphatic carboxylic acids is 1. The fourth-order valence-electron chi connectivity index (χ4n) is 3.95. The molecule has 0 fully saturated rings. The molecule has 10 heteroatoms. The molecule has 1 aromatic carbocycles. The highest BCUT2D eigenvalue weighted by Gasteiger charge is 2.30. The van der Waals surface area contributed by atoms with E-state index in [4.69, 9.17) is 24.7 Å². The van der Waals surface area contributed by atoms with Crippen molar-refractivity contribution in [2.75, 3.05) is 6.61 Å². The minimum absolute atomic E-state index is 0.00657. The minimum atomic E-state index is -1.35. The lowest BCUT2D eigenvalue weighted by molar-refractivity contribution is -0.139. The molecule has 0 heterocycles. The van der Waals surface area contributed by atoms with Crippen LogP contribution in [0.15, 0.2) is 18.2 Å². The van der Waals surface area contributed by atoms with Crippen molar-refractivity contribution in [3.63, 3.8) is 0 Å². The maximum absolute atomic E-state index is 12.5. The Morgan fingerprint density at radius 3 is 1.98 bits per heavy atom. The number of carbonyl (C=O) groups excluding carboxylic acids is 3. The van der Waals surface area contributed by atoms with Gasteiger partial charge >= 0.3 is 24.1 Å². The maximum Gasteiger partial charge on any atom is 0.508 e. The molecule has 0 saturated carbocycles. The van der Waals surface area contributed by atoms with Gasteiger partial charge in [0, 0.05) is 18.8 Å². The molecule has 1 aromatic rings. The molecule has 0 amide bonds. The Labute approximate surface area is 237 Å². The highest BCUT2D eigenvalue weighted by molar-refractivity contribution is 5.77. The van der Waals surface area contributed by atoms with Crippen LogP contribution in [0.25, 0.3) is 0 Å². The first-order chi connectivity index (χ1) is 19.0. The quantitative estimate of drug-likeness (QED) is 0.114. The van der Waals surface area contributed by atoms with Crippen LogP contribution in [0.4, 0.5) is 4.79 Å². The second-order valence-corrected chi connectivity index (χ2v) is 10.5. The summed E-state index contributed by atoms with van der Waals surface area (Å²) in [6, 6.07) is 3.16. The van der Waals surface area contributed by atoms with Crippen molar-refractivity contribution in [1.82, 2.24) is 0 Å². The van der Waals surface area contributed by atoms with Crippen molar-refractivity contribution in [3.8, 4) is 11.5 Å². The third kappa shape index (κ3) is 13.8. The van der Waals surface area contributed by atoms with E-state index < -0.39 is 42.1 Å². The van der Waals surface area contributed by atoms with Crippen LogP contribution in [0, 0.1) is 5.92 Å². The summed E-state index contributed by atoms with van der Waals surface area (Å²) in [5.74, 6) is -2.59. The van der Waals surface area contributed by atoms with E-state index in [0.29, 0.717) is 30.7 Å². The van der Waals surface area contributed by atoms with Crippen molar-refractivity contribution in [2.45, 2.75) is 117 Å². The zero-order valence-electron chi connectivity index (χ0n) is 24.6. The standard InChI is InChI=1S/C30H47NO9/c1-6-8-10-12-26(32)39-24-15-14-22(19-25(24)40-27(33)13-11-9-7-2)23(28(31)29(34)35)18-21(5)38-30(36)37-17-16-20(3)4/h14-15,19-21,23,28H,6-13,16-18,31H2,1-5H3,(H,34,35)/t21?,23?,28-/m0/s1. The average molecular weight is 566 g/mol. The average Bonchev–Trinajstić information content (AvgIpc) is 2.88. The molecule has 0 spiro atoms. The minimum Gasteiger partial charge on any atom is -0.480 e. The molecule has 0 aliphatic rings. The molecule has 3 N–H and O–H groups in total. The number of ether oxygens (including phenoxy) is 4. The molecular formula is C30H47NO9. The van der Waals surface area contributed by atoms with E-state index in [2.05, 4.69) is 0 Å². The number of hydrogen-bond donors (Lipinski definition) is 2. The monoisotopic (exact) mass is 565 g/mol. The van der Waals surface area contributed by atoms with Gasteiger partial charge < -0.3 is 29.8 Å². The largest absolute Gasteiger partial charge is 0.508 e. The molecule has 2 unspecified atom stereocenters. The number of benzene rings is 1. The van der Waals surface area contributed by atoms with Crippen molar-refractivity contribution < 1.29 is 43.2 Å². The Hall–Kier alpha value is -3.14. The first kappa shape index (κ1) is 34.9. The van der Waals surface area contributed by atoms with Gasteiger partial charge in [0.25, 0.3) is 0 Å². The van der Waals surface area contributed by atoms with E-state index >= 15 is 0 Å². The van der Waals surface area contributed by atoms with Crippen LogP contribution in [0.3, 0.4) is 0 Å². The predicted molar refractivity (Wildman–Crippen MR) is 150 cm³/mol. The highest BCUT2D eigenvalue weighted by atomic mass is 16.7. The zero-order chi connectivity index (χ0) is 30.1. The molecule has 0 radical (unpaired) electrons. The lowest BCUT2D eigenvalue weighted by Gasteiger charge is -2.25. The summed E-state index contributed by atoms with van der Waals surface area (Å²) >= 11 is 0. The molecule has 0 saturated heterocycles. The first-order valence-corrected chi connectivity index (χ1v) is 14.3. The summed E-state index contributed by atoms with van der Waals surface area (Å²) in [7, 11) is 0. The molecule has 1 rings (SSSR count). The molecule has 226 valence electrons. The smallest absolute Gasteiger partial charge is 0.480 e. The molecule has 0 aromatic heterocycles. The molecule has 40 heavy (non-hydrogen) atoms. The number of carboxylic acids is 1. The Morgan fingerprint density at radius 1 is 0.875 bits per heavy atom. The normalized spacial score (nSPS) is 13.3. The third-order valence-corrected chi connectivity index (χ3v) is 6.33. The number of carboxylic acid groups (broad SMARTS) is 1. The SMILES string of the molecule is CCCCCC(=O)Oc1ccc(C(CC(C)OC(=O)OCCC(C)C)[C@H](N)C(=O)O)cc1OC(=O)CCCCC. The summed E-state index contributed by atoms with van der Waals surface area (Å²) in [6.45, 7) is 9.89. The Kier molecular flexibility index (Phi) is 16.6.